The molecule has 0 bridgehead atoms. The van der Waals surface area contributed by atoms with Gasteiger partial charge in [0.15, 0.2) is 0 Å². The van der Waals surface area contributed by atoms with Crippen molar-refractivity contribution in [1.29, 1.82) is 0 Å². The molecule has 1 aliphatic heterocycles. The fraction of sp³-hybridized carbons (Fsp3) is 0.300. The third kappa shape index (κ3) is 3.33. The number of benzene rings is 1. The molecule has 1 amide bonds. The Balaban J connectivity index is 1.25. The van der Waals surface area contributed by atoms with Crippen LogP contribution in [0.4, 0.5) is 0 Å². The van der Waals surface area contributed by atoms with E-state index in [2.05, 4.69) is 25.5 Å². The molecule has 7 nitrogen and oxygen atoms in total. The van der Waals surface area contributed by atoms with Gasteiger partial charge in [0.1, 0.15) is 17.5 Å². The Kier molecular flexibility index (Phi) is 4.24. The number of carbonyl (C=O) groups is 1. The van der Waals surface area contributed by atoms with Gasteiger partial charge >= 0.3 is 0 Å². The monoisotopic (exact) mass is 395 g/mol. The molecule has 1 atom stereocenters. The fourth-order valence-corrected chi connectivity index (χ4v) is 3.73. The van der Waals surface area contributed by atoms with Gasteiger partial charge < -0.3 is 10.1 Å². The highest BCUT2D eigenvalue weighted by Crippen LogP contribution is 2.40. The van der Waals surface area contributed by atoms with Crippen LogP contribution in [0.1, 0.15) is 40.5 Å². The molecule has 3 heterocycles. The van der Waals surface area contributed by atoms with E-state index in [0.717, 1.165) is 35.4 Å². The summed E-state index contributed by atoms with van der Waals surface area (Å²) in [6.07, 6.45) is 7.80. The molecule has 0 radical (unpaired) electrons. The minimum atomic E-state index is -0.200. The van der Waals surface area contributed by atoms with Crippen LogP contribution in [0, 0.1) is 0 Å². The van der Waals surface area contributed by atoms with Crippen LogP contribution >= 0.6 is 11.6 Å². The summed E-state index contributed by atoms with van der Waals surface area (Å²) >= 11 is 6.41. The van der Waals surface area contributed by atoms with Crippen molar-refractivity contribution in [1.82, 2.24) is 25.5 Å². The van der Waals surface area contributed by atoms with E-state index in [1.807, 2.05) is 18.2 Å². The quantitative estimate of drug-likeness (QED) is 0.692. The first-order valence-corrected chi connectivity index (χ1v) is 9.64. The van der Waals surface area contributed by atoms with E-state index in [9.17, 15) is 4.79 Å². The molecular weight excluding hydrogens is 378 g/mol. The smallest absolute Gasteiger partial charge is 0.271 e. The Labute approximate surface area is 166 Å². The molecule has 28 heavy (non-hydrogen) atoms. The van der Waals surface area contributed by atoms with Gasteiger partial charge in [-0.2, -0.15) is 5.10 Å². The fourth-order valence-electron chi connectivity index (χ4n) is 3.45. The number of amides is 1. The van der Waals surface area contributed by atoms with Crippen LogP contribution in [-0.2, 0) is 6.42 Å². The molecule has 2 N–H and O–H groups in total. The van der Waals surface area contributed by atoms with Crippen LogP contribution in [0.2, 0.25) is 5.02 Å². The molecule has 0 saturated heterocycles. The first-order valence-electron chi connectivity index (χ1n) is 9.26. The van der Waals surface area contributed by atoms with Crippen LogP contribution in [-0.4, -0.2) is 38.7 Å². The molecular formula is C20H18ClN5O2. The molecule has 1 unspecified atom stereocenters. The van der Waals surface area contributed by atoms with Gasteiger partial charge in [-0.05, 0) is 31.0 Å². The van der Waals surface area contributed by atoms with Gasteiger partial charge in [0.25, 0.3) is 5.91 Å². The highest BCUT2D eigenvalue weighted by Gasteiger charge is 2.28. The number of ether oxygens (including phenoxy) is 1. The summed E-state index contributed by atoms with van der Waals surface area (Å²) in [5.41, 5.74) is 4.12. The number of carbonyl (C=O) groups excluding carboxylic acids is 1. The maximum Gasteiger partial charge on any atom is 0.271 e. The molecule has 142 valence electrons. The molecule has 2 aromatic heterocycles. The summed E-state index contributed by atoms with van der Waals surface area (Å²) in [5, 5.41) is 10.5. The predicted molar refractivity (Wildman–Crippen MR) is 103 cm³/mol. The molecule has 1 aliphatic carbocycles. The SMILES string of the molecule is O=C(NCC1Cc2cc(-c3cnccn3)cc(Cl)c2O1)c1cc(C2CC2)[nH]n1. The number of halogens is 1. The highest BCUT2D eigenvalue weighted by molar-refractivity contribution is 6.32. The first-order chi connectivity index (χ1) is 13.7. The second-order valence-corrected chi connectivity index (χ2v) is 7.58. The van der Waals surface area contributed by atoms with Crippen LogP contribution < -0.4 is 10.1 Å². The zero-order chi connectivity index (χ0) is 19.1. The summed E-state index contributed by atoms with van der Waals surface area (Å²) < 4.78 is 5.96. The first kappa shape index (κ1) is 17.2. The van der Waals surface area contributed by atoms with Crippen LogP contribution in [0.3, 0.4) is 0 Å². The van der Waals surface area contributed by atoms with Crippen LogP contribution in [0.15, 0.2) is 36.8 Å². The van der Waals surface area contributed by atoms with Gasteiger partial charge in [-0.1, -0.05) is 11.6 Å². The third-order valence-corrected chi connectivity index (χ3v) is 5.33. The van der Waals surface area contributed by atoms with E-state index in [1.54, 1.807) is 18.6 Å². The maximum atomic E-state index is 12.3. The standard InChI is InChI=1S/C20H18ClN5O2/c21-15-7-12(18-10-22-3-4-23-18)5-13-6-14(28-19(13)15)9-24-20(27)17-8-16(25-26-17)11-1-2-11/h3-5,7-8,10-11,14H,1-2,6,9H2,(H,24,27)(H,25,26). The van der Waals surface area contributed by atoms with Gasteiger partial charge in [0.05, 0.1) is 23.5 Å². The lowest BCUT2D eigenvalue weighted by molar-refractivity contribution is 0.0928. The van der Waals surface area contributed by atoms with E-state index in [4.69, 9.17) is 16.3 Å². The summed E-state index contributed by atoms with van der Waals surface area (Å²) in [6.45, 7) is 0.385. The summed E-state index contributed by atoms with van der Waals surface area (Å²) in [6, 6.07) is 5.68. The van der Waals surface area contributed by atoms with Gasteiger partial charge in [-0.25, -0.2) is 0 Å². The second-order valence-electron chi connectivity index (χ2n) is 7.17. The zero-order valence-electron chi connectivity index (χ0n) is 15.0. The van der Waals surface area contributed by atoms with Gasteiger partial charge in [-0.15, -0.1) is 0 Å². The van der Waals surface area contributed by atoms with Gasteiger partial charge in [-0.3, -0.25) is 19.9 Å². The van der Waals surface area contributed by atoms with Crippen molar-refractivity contribution in [2.45, 2.75) is 31.3 Å². The number of aromatic amines is 1. The largest absolute Gasteiger partial charge is 0.486 e. The summed E-state index contributed by atoms with van der Waals surface area (Å²) in [5.74, 6) is 1.01. The highest BCUT2D eigenvalue weighted by atomic mass is 35.5. The number of aromatic nitrogens is 4. The van der Waals surface area contributed by atoms with Gasteiger partial charge in [0, 0.05) is 41.6 Å². The van der Waals surface area contributed by atoms with Crippen molar-refractivity contribution in [3.63, 3.8) is 0 Å². The molecule has 5 rings (SSSR count). The number of nitrogens with one attached hydrogen (secondary N) is 2. The van der Waals surface area contributed by atoms with Crippen molar-refractivity contribution in [3.8, 4) is 17.0 Å². The number of hydrogen-bond acceptors (Lipinski definition) is 5. The van der Waals surface area contributed by atoms with Gasteiger partial charge in [0.2, 0.25) is 0 Å². The number of fused-ring (bicyclic) bond motifs is 1. The van der Waals surface area contributed by atoms with Crippen molar-refractivity contribution in [3.05, 3.63) is 58.8 Å². The van der Waals surface area contributed by atoms with Crippen molar-refractivity contribution >= 4 is 17.5 Å². The minimum Gasteiger partial charge on any atom is -0.486 e. The summed E-state index contributed by atoms with van der Waals surface area (Å²) in [4.78, 5) is 20.8. The van der Waals surface area contributed by atoms with Crippen LogP contribution in [0.25, 0.3) is 11.3 Å². The van der Waals surface area contributed by atoms with Crippen molar-refractivity contribution in [2.75, 3.05) is 6.54 Å². The third-order valence-electron chi connectivity index (χ3n) is 5.05. The average molecular weight is 396 g/mol. The van der Waals surface area contributed by atoms with E-state index in [-0.39, 0.29) is 12.0 Å². The lowest BCUT2D eigenvalue weighted by atomic mass is 10.0. The number of H-pyrrole nitrogens is 1. The van der Waals surface area contributed by atoms with E-state index in [1.165, 1.54) is 0 Å². The molecule has 0 spiro atoms. The number of rotatable bonds is 5. The summed E-state index contributed by atoms with van der Waals surface area (Å²) in [7, 11) is 0. The number of hydrogen-bond donors (Lipinski definition) is 2. The topological polar surface area (TPSA) is 92.8 Å². The lowest BCUT2D eigenvalue weighted by Crippen LogP contribution is -2.34. The Morgan fingerprint density at radius 1 is 1.29 bits per heavy atom. The Hall–Kier alpha value is -2.93. The average Bonchev–Trinajstić information content (AvgIpc) is 3.28. The molecule has 1 fully saturated rings. The van der Waals surface area contributed by atoms with Crippen molar-refractivity contribution in [2.24, 2.45) is 0 Å². The van der Waals surface area contributed by atoms with Crippen LogP contribution in [0.5, 0.6) is 5.75 Å². The molecule has 2 aliphatic rings. The predicted octanol–water partition coefficient (Wildman–Crippen LogP) is 3.13. The van der Waals surface area contributed by atoms with E-state index >= 15 is 0 Å². The van der Waals surface area contributed by atoms with E-state index in [0.29, 0.717) is 35.3 Å². The number of nitrogens with zero attached hydrogens (tertiary/aromatic N) is 3. The normalized spacial score (nSPS) is 17.8. The molecule has 8 heteroatoms. The zero-order valence-corrected chi connectivity index (χ0v) is 15.7. The molecule has 1 aromatic carbocycles. The van der Waals surface area contributed by atoms with Crippen molar-refractivity contribution < 1.29 is 9.53 Å². The Morgan fingerprint density at radius 3 is 2.96 bits per heavy atom. The van der Waals surface area contributed by atoms with E-state index < -0.39 is 0 Å². The second kappa shape index (κ2) is 6.91. The molecule has 1 saturated carbocycles. The Bertz CT molecular complexity index is 1030. The lowest BCUT2D eigenvalue weighted by Gasteiger charge is -2.11. The maximum absolute atomic E-state index is 12.3. The molecule has 3 aromatic rings. The minimum absolute atomic E-state index is 0.171. The Morgan fingerprint density at radius 2 is 2.18 bits per heavy atom.